The minimum absolute atomic E-state index is 0.221. The van der Waals surface area contributed by atoms with Crippen molar-refractivity contribution >= 4 is 33.3 Å². The Kier molecular flexibility index (Phi) is 5.78. The monoisotopic (exact) mass is 418 g/mol. The fourth-order valence-electron chi connectivity index (χ4n) is 3.32. The molecule has 1 heterocycles. The molecule has 154 valence electrons. The van der Waals surface area contributed by atoms with Crippen molar-refractivity contribution in [2.75, 3.05) is 29.6 Å². The number of nitrogens with one attached hydrogen (secondary N) is 1. The first kappa shape index (κ1) is 20.7. The van der Waals surface area contributed by atoms with E-state index in [2.05, 4.69) is 5.32 Å². The minimum Gasteiger partial charge on any atom is -0.497 e. The Balaban J connectivity index is 1.61. The molecule has 0 spiro atoms. The molecule has 3 rings (SSSR count). The van der Waals surface area contributed by atoms with Gasteiger partial charge < -0.3 is 14.8 Å². The highest BCUT2D eigenvalue weighted by atomic mass is 32.2. The minimum atomic E-state index is -3.40. The van der Waals surface area contributed by atoms with Gasteiger partial charge in [0.15, 0.2) is 6.61 Å². The Morgan fingerprint density at radius 3 is 2.48 bits per heavy atom. The number of nitrogens with zero attached hydrogens (tertiary/aromatic N) is 1. The summed E-state index contributed by atoms with van der Waals surface area (Å²) >= 11 is 0. The number of rotatable bonds is 6. The summed E-state index contributed by atoms with van der Waals surface area (Å²) in [5.41, 5.74) is 2.14. The quantitative estimate of drug-likeness (QED) is 0.722. The van der Waals surface area contributed by atoms with Gasteiger partial charge in [0.05, 0.1) is 24.6 Å². The molecule has 2 aromatic carbocycles. The van der Waals surface area contributed by atoms with Crippen molar-refractivity contribution in [2.24, 2.45) is 0 Å². The Morgan fingerprint density at radius 1 is 1.17 bits per heavy atom. The van der Waals surface area contributed by atoms with Crippen LogP contribution in [-0.2, 0) is 26.0 Å². The highest BCUT2D eigenvalue weighted by Crippen LogP contribution is 2.34. The van der Waals surface area contributed by atoms with E-state index in [9.17, 15) is 18.0 Å². The van der Waals surface area contributed by atoms with Gasteiger partial charge in [-0.15, -0.1) is 0 Å². The van der Waals surface area contributed by atoms with Crippen molar-refractivity contribution in [3.05, 3.63) is 53.6 Å². The first-order valence-corrected chi connectivity index (χ1v) is 10.8. The number of amides is 1. The van der Waals surface area contributed by atoms with Crippen molar-refractivity contribution in [3.63, 3.8) is 0 Å². The number of benzene rings is 2. The fourth-order valence-corrected chi connectivity index (χ4v) is 4.58. The number of anilines is 2. The number of methoxy groups -OCH3 is 1. The second kappa shape index (κ2) is 8.12. The zero-order valence-corrected chi connectivity index (χ0v) is 17.2. The van der Waals surface area contributed by atoms with Crippen molar-refractivity contribution in [1.82, 2.24) is 0 Å². The Labute approximate surface area is 169 Å². The van der Waals surface area contributed by atoms with E-state index in [1.807, 2.05) is 6.92 Å². The lowest BCUT2D eigenvalue weighted by atomic mass is 10.1. The topological polar surface area (TPSA) is 102 Å². The van der Waals surface area contributed by atoms with Crippen LogP contribution in [0.1, 0.15) is 22.8 Å². The lowest BCUT2D eigenvalue weighted by Crippen LogP contribution is -2.34. The van der Waals surface area contributed by atoms with Crippen LogP contribution in [-0.4, -0.2) is 46.3 Å². The second-order valence-electron chi connectivity index (χ2n) is 6.81. The number of hydrogen-bond donors (Lipinski definition) is 1. The van der Waals surface area contributed by atoms with Crippen LogP contribution in [0.15, 0.2) is 42.5 Å². The van der Waals surface area contributed by atoms with Crippen LogP contribution in [0.2, 0.25) is 0 Å². The van der Waals surface area contributed by atoms with Gasteiger partial charge in [-0.1, -0.05) is 0 Å². The van der Waals surface area contributed by atoms with Crippen LogP contribution in [0.25, 0.3) is 0 Å². The van der Waals surface area contributed by atoms with Crippen molar-refractivity contribution in [1.29, 1.82) is 0 Å². The Hall–Kier alpha value is -3.07. The van der Waals surface area contributed by atoms with Crippen LogP contribution in [0, 0.1) is 0 Å². The summed E-state index contributed by atoms with van der Waals surface area (Å²) in [7, 11) is -1.85. The lowest BCUT2D eigenvalue weighted by Gasteiger charge is -2.21. The van der Waals surface area contributed by atoms with E-state index in [-0.39, 0.29) is 11.6 Å². The van der Waals surface area contributed by atoms with Crippen molar-refractivity contribution in [3.8, 4) is 5.75 Å². The molecule has 0 aromatic heterocycles. The molecule has 1 N–H and O–H groups in total. The van der Waals surface area contributed by atoms with Crippen LogP contribution in [0.5, 0.6) is 5.75 Å². The number of hydrogen-bond acceptors (Lipinski definition) is 6. The van der Waals surface area contributed by atoms with Crippen LogP contribution >= 0.6 is 0 Å². The summed E-state index contributed by atoms with van der Waals surface area (Å²) in [5.74, 6) is -0.459. The third-order valence-corrected chi connectivity index (χ3v) is 5.80. The van der Waals surface area contributed by atoms with E-state index in [0.717, 1.165) is 11.8 Å². The number of sulfonamides is 1. The second-order valence-corrected chi connectivity index (χ2v) is 8.67. The van der Waals surface area contributed by atoms with E-state index in [1.165, 1.54) is 10.4 Å². The summed E-state index contributed by atoms with van der Waals surface area (Å²) in [4.78, 5) is 24.3. The molecular formula is C20H22N2O6S. The van der Waals surface area contributed by atoms with Crippen LogP contribution in [0.4, 0.5) is 11.4 Å². The predicted molar refractivity (Wildman–Crippen MR) is 109 cm³/mol. The maximum Gasteiger partial charge on any atom is 0.338 e. The van der Waals surface area contributed by atoms with Gasteiger partial charge in [0.1, 0.15) is 5.75 Å². The molecule has 0 saturated carbocycles. The molecule has 1 amide bonds. The third-order valence-electron chi connectivity index (χ3n) is 4.53. The van der Waals surface area contributed by atoms with Gasteiger partial charge in [0, 0.05) is 11.7 Å². The maximum absolute atomic E-state index is 12.3. The van der Waals surface area contributed by atoms with E-state index < -0.39 is 28.5 Å². The molecule has 0 aliphatic carbocycles. The van der Waals surface area contributed by atoms with Crippen molar-refractivity contribution < 1.29 is 27.5 Å². The number of ether oxygens (including phenoxy) is 2. The maximum atomic E-state index is 12.3. The number of fused-ring (bicyclic) bond motifs is 1. The van der Waals surface area contributed by atoms with E-state index >= 15 is 0 Å². The number of carbonyl (C=O) groups is 2. The highest BCUT2D eigenvalue weighted by molar-refractivity contribution is 7.92. The largest absolute Gasteiger partial charge is 0.497 e. The molecule has 2 aromatic rings. The molecule has 1 unspecified atom stereocenters. The molecule has 9 heteroatoms. The molecule has 1 aliphatic rings. The van der Waals surface area contributed by atoms with Crippen molar-refractivity contribution in [2.45, 2.75) is 19.4 Å². The SMILES string of the molecule is COc1ccc(NC(=O)COC(=O)c2ccc3c(c2)CC(C)N3S(C)(=O)=O)cc1. The summed E-state index contributed by atoms with van der Waals surface area (Å²) < 4.78 is 35.4. The molecule has 8 nitrogen and oxygen atoms in total. The van der Waals surface area contributed by atoms with Gasteiger partial charge >= 0.3 is 5.97 Å². The molecule has 0 saturated heterocycles. The molecule has 0 radical (unpaired) electrons. The van der Waals surface area contributed by atoms with E-state index in [4.69, 9.17) is 9.47 Å². The number of carbonyl (C=O) groups excluding carboxylic acids is 2. The third kappa shape index (κ3) is 4.68. The Bertz CT molecular complexity index is 1030. The lowest BCUT2D eigenvalue weighted by molar-refractivity contribution is -0.119. The van der Waals surface area contributed by atoms with Crippen LogP contribution in [0.3, 0.4) is 0 Å². The van der Waals surface area contributed by atoms with Gasteiger partial charge in [-0.25, -0.2) is 13.2 Å². The molecular weight excluding hydrogens is 396 g/mol. The van der Waals surface area contributed by atoms with Gasteiger partial charge in [-0.05, 0) is 61.4 Å². The zero-order chi connectivity index (χ0) is 21.2. The zero-order valence-electron chi connectivity index (χ0n) is 16.3. The summed E-state index contributed by atoms with van der Waals surface area (Å²) in [6.07, 6.45) is 1.66. The smallest absolute Gasteiger partial charge is 0.338 e. The number of esters is 1. The molecule has 0 fully saturated rings. The van der Waals surface area contributed by atoms with Gasteiger partial charge in [-0.2, -0.15) is 0 Å². The fraction of sp³-hybridized carbons (Fsp3) is 0.300. The van der Waals surface area contributed by atoms with E-state index in [1.54, 1.807) is 43.5 Å². The average Bonchev–Trinajstić information content (AvgIpc) is 3.01. The molecule has 0 bridgehead atoms. The van der Waals surface area contributed by atoms with E-state index in [0.29, 0.717) is 23.5 Å². The normalized spacial score (nSPS) is 15.6. The first-order valence-electron chi connectivity index (χ1n) is 8.92. The summed E-state index contributed by atoms with van der Waals surface area (Å²) in [6.45, 7) is 1.37. The summed E-state index contributed by atoms with van der Waals surface area (Å²) in [6, 6.07) is 11.2. The van der Waals surface area contributed by atoms with Gasteiger partial charge in [-0.3, -0.25) is 9.10 Å². The Morgan fingerprint density at radius 2 is 1.86 bits per heavy atom. The first-order chi connectivity index (χ1) is 13.7. The predicted octanol–water partition coefficient (Wildman–Crippen LogP) is 2.20. The highest BCUT2D eigenvalue weighted by Gasteiger charge is 2.32. The summed E-state index contributed by atoms with van der Waals surface area (Å²) in [5, 5.41) is 2.62. The average molecular weight is 418 g/mol. The standard InChI is InChI=1S/C20H22N2O6S/c1-13-10-15-11-14(4-9-18(15)22(13)29(3,25)26)20(24)28-12-19(23)21-16-5-7-17(27-2)8-6-16/h4-9,11,13H,10,12H2,1-3H3,(H,21,23). The molecule has 29 heavy (non-hydrogen) atoms. The van der Waals surface area contributed by atoms with Gasteiger partial charge in [0.2, 0.25) is 10.0 Å². The molecule has 1 atom stereocenters. The molecule has 1 aliphatic heterocycles. The van der Waals surface area contributed by atoms with Crippen LogP contribution < -0.4 is 14.4 Å². The van der Waals surface area contributed by atoms with Gasteiger partial charge in [0.25, 0.3) is 5.91 Å².